The highest BCUT2D eigenvalue weighted by atomic mass is 15.0. The maximum absolute atomic E-state index is 5.36. The van der Waals surface area contributed by atoms with Crippen molar-refractivity contribution in [3.8, 4) is 50.7 Å². The zero-order valence-electron chi connectivity index (χ0n) is 29.8. The Labute approximate surface area is 317 Å². The largest absolute Gasteiger partial charge is 0.309 e. The fraction of sp³-hybridized carbons (Fsp3) is 0. The van der Waals surface area contributed by atoms with Gasteiger partial charge >= 0.3 is 0 Å². The molecular weight excluding hydrogens is 669 g/mol. The standard InChI is InChI=1S/C51H32N4/c1-3-14-33(15-4-1)34-26-28-35(29-27-34)49-41-22-8-11-24-46(41)53-51(54-49)37-17-13-16-36(30-37)50-44-31-43-40-21-9-12-25-47(40)55(38-18-5-2-6-19-38)48(43)32-42(44)39-20-7-10-23-45(39)52-50/h1-32H. The normalized spacial score (nSPS) is 11.6. The molecule has 0 bridgehead atoms. The van der Waals surface area contributed by atoms with Gasteiger partial charge in [-0.1, -0.05) is 146 Å². The summed E-state index contributed by atoms with van der Waals surface area (Å²) < 4.78 is 2.38. The second-order valence-electron chi connectivity index (χ2n) is 14.0. The minimum atomic E-state index is 0.682. The van der Waals surface area contributed by atoms with Crippen LogP contribution in [0.3, 0.4) is 0 Å². The highest BCUT2D eigenvalue weighted by molar-refractivity contribution is 6.20. The molecule has 55 heavy (non-hydrogen) atoms. The Morgan fingerprint density at radius 1 is 0.291 bits per heavy atom. The van der Waals surface area contributed by atoms with E-state index in [1.807, 2.05) is 12.1 Å². The molecule has 11 rings (SSSR count). The van der Waals surface area contributed by atoms with Crippen molar-refractivity contribution in [3.05, 3.63) is 194 Å². The van der Waals surface area contributed by atoms with Crippen LogP contribution in [0.15, 0.2) is 194 Å². The van der Waals surface area contributed by atoms with E-state index < -0.39 is 0 Å². The zero-order chi connectivity index (χ0) is 36.3. The van der Waals surface area contributed by atoms with Gasteiger partial charge in [0.2, 0.25) is 0 Å². The van der Waals surface area contributed by atoms with Crippen LogP contribution < -0.4 is 0 Å². The quantitative estimate of drug-likeness (QED) is 0.168. The Hall–Kier alpha value is -7.43. The third kappa shape index (κ3) is 5.19. The summed E-state index contributed by atoms with van der Waals surface area (Å²) in [5.74, 6) is 0.682. The number of para-hydroxylation sites is 4. The first-order chi connectivity index (χ1) is 27.3. The van der Waals surface area contributed by atoms with Crippen LogP contribution in [0, 0.1) is 0 Å². The first-order valence-corrected chi connectivity index (χ1v) is 18.6. The maximum atomic E-state index is 5.36. The van der Waals surface area contributed by atoms with Crippen molar-refractivity contribution in [2.45, 2.75) is 0 Å². The Morgan fingerprint density at radius 2 is 0.873 bits per heavy atom. The first-order valence-electron chi connectivity index (χ1n) is 18.6. The van der Waals surface area contributed by atoms with Gasteiger partial charge in [0.25, 0.3) is 0 Å². The van der Waals surface area contributed by atoms with Gasteiger partial charge in [-0.3, -0.25) is 0 Å². The van der Waals surface area contributed by atoms with Crippen molar-refractivity contribution >= 4 is 54.4 Å². The van der Waals surface area contributed by atoms with Crippen LogP contribution in [0.1, 0.15) is 0 Å². The SMILES string of the molecule is c1ccc(-c2ccc(-c3nc(-c4cccc(-c5nc6ccccc6c6cc7c(cc56)c5ccccc5n7-c5ccccc5)c4)nc4ccccc34)cc2)cc1. The van der Waals surface area contributed by atoms with Crippen molar-refractivity contribution < 1.29 is 0 Å². The van der Waals surface area contributed by atoms with Crippen molar-refractivity contribution in [2.24, 2.45) is 0 Å². The van der Waals surface area contributed by atoms with Crippen LogP contribution >= 0.6 is 0 Å². The lowest BCUT2D eigenvalue weighted by Crippen LogP contribution is -1.96. The molecule has 0 saturated heterocycles. The summed E-state index contributed by atoms with van der Waals surface area (Å²) in [6.07, 6.45) is 0. The number of aromatic nitrogens is 4. The van der Waals surface area contributed by atoms with E-state index in [1.165, 1.54) is 38.3 Å². The number of benzene rings is 8. The van der Waals surface area contributed by atoms with E-state index in [1.54, 1.807) is 0 Å². The lowest BCUT2D eigenvalue weighted by molar-refractivity contribution is 1.18. The van der Waals surface area contributed by atoms with Crippen LogP contribution in [-0.2, 0) is 0 Å². The van der Waals surface area contributed by atoms with E-state index >= 15 is 0 Å². The number of hydrogen-bond donors (Lipinski definition) is 0. The van der Waals surface area contributed by atoms with E-state index in [0.29, 0.717) is 5.82 Å². The van der Waals surface area contributed by atoms with E-state index in [-0.39, 0.29) is 0 Å². The van der Waals surface area contributed by atoms with Crippen molar-refractivity contribution in [3.63, 3.8) is 0 Å². The molecular formula is C51H32N4. The van der Waals surface area contributed by atoms with Gasteiger partial charge in [0.15, 0.2) is 5.82 Å². The summed E-state index contributed by atoms with van der Waals surface area (Å²) in [6.45, 7) is 0. The van der Waals surface area contributed by atoms with Crippen molar-refractivity contribution in [1.82, 2.24) is 19.5 Å². The van der Waals surface area contributed by atoms with Gasteiger partial charge in [0.05, 0.1) is 33.5 Å². The van der Waals surface area contributed by atoms with Crippen LogP contribution in [0.25, 0.3) is 105 Å². The average molecular weight is 701 g/mol. The molecule has 0 N–H and O–H groups in total. The maximum Gasteiger partial charge on any atom is 0.160 e. The number of rotatable bonds is 5. The fourth-order valence-electron chi connectivity index (χ4n) is 8.17. The van der Waals surface area contributed by atoms with Gasteiger partial charge in [-0.25, -0.2) is 15.0 Å². The summed E-state index contributed by atoms with van der Waals surface area (Å²) in [5, 5.41) is 6.84. The molecule has 0 amide bonds. The molecule has 0 aliphatic carbocycles. The molecule has 3 aromatic heterocycles. The monoisotopic (exact) mass is 700 g/mol. The molecule has 0 radical (unpaired) electrons. The third-order valence-corrected chi connectivity index (χ3v) is 10.8. The van der Waals surface area contributed by atoms with Crippen LogP contribution in [0.5, 0.6) is 0 Å². The number of nitrogens with zero attached hydrogens (tertiary/aromatic N) is 4. The molecule has 0 spiro atoms. The topological polar surface area (TPSA) is 43.6 Å². The Kier molecular flexibility index (Phi) is 7.14. The molecule has 11 aromatic rings. The predicted molar refractivity (Wildman–Crippen MR) is 228 cm³/mol. The molecule has 8 aromatic carbocycles. The van der Waals surface area contributed by atoms with Gasteiger partial charge in [0.1, 0.15) is 0 Å². The summed E-state index contributed by atoms with van der Waals surface area (Å²) in [4.78, 5) is 15.7. The van der Waals surface area contributed by atoms with Crippen LogP contribution in [0.4, 0.5) is 0 Å². The summed E-state index contributed by atoms with van der Waals surface area (Å²) >= 11 is 0. The fourth-order valence-corrected chi connectivity index (χ4v) is 8.17. The minimum absolute atomic E-state index is 0.682. The summed E-state index contributed by atoms with van der Waals surface area (Å²) in [5.41, 5.74) is 12.6. The minimum Gasteiger partial charge on any atom is -0.309 e. The number of pyridine rings is 1. The average Bonchev–Trinajstić information content (AvgIpc) is 3.59. The van der Waals surface area contributed by atoms with Gasteiger partial charge in [0, 0.05) is 49.3 Å². The molecule has 4 nitrogen and oxygen atoms in total. The van der Waals surface area contributed by atoms with Gasteiger partial charge < -0.3 is 4.57 Å². The molecule has 0 fully saturated rings. The highest BCUT2D eigenvalue weighted by Crippen LogP contribution is 2.40. The van der Waals surface area contributed by atoms with Gasteiger partial charge in [-0.15, -0.1) is 0 Å². The Bertz CT molecular complexity index is 3240. The van der Waals surface area contributed by atoms with E-state index in [2.05, 4.69) is 187 Å². The van der Waals surface area contributed by atoms with Crippen LogP contribution in [0.2, 0.25) is 0 Å². The van der Waals surface area contributed by atoms with E-state index in [0.717, 1.165) is 61.0 Å². The second-order valence-corrected chi connectivity index (χ2v) is 14.0. The Balaban J connectivity index is 1.10. The van der Waals surface area contributed by atoms with Crippen molar-refractivity contribution in [2.75, 3.05) is 0 Å². The predicted octanol–water partition coefficient (Wildman–Crippen LogP) is 13.1. The first kappa shape index (κ1) is 31.1. The number of fused-ring (bicyclic) bond motifs is 7. The van der Waals surface area contributed by atoms with Gasteiger partial charge in [-0.05, 0) is 65.0 Å². The third-order valence-electron chi connectivity index (χ3n) is 10.8. The highest BCUT2D eigenvalue weighted by Gasteiger charge is 2.19. The Morgan fingerprint density at radius 3 is 1.67 bits per heavy atom. The molecule has 4 heteroatoms. The lowest BCUT2D eigenvalue weighted by Gasteiger charge is -2.14. The molecule has 256 valence electrons. The molecule has 3 heterocycles. The molecule has 0 aliphatic rings. The smallest absolute Gasteiger partial charge is 0.160 e. The van der Waals surface area contributed by atoms with E-state index in [9.17, 15) is 0 Å². The zero-order valence-corrected chi connectivity index (χ0v) is 29.8. The second kappa shape index (κ2) is 12.6. The van der Waals surface area contributed by atoms with Gasteiger partial charge in [-0.2, -0.15) is 0 Å². The molecule has 0 aliphatic heterocycles. The van der Waals surface area contributed by atoms with Crippen LogP contribution in [-0.4, -0.2) is 19.5 Å². The summed E-state index contributed by atoms with van der Waals surface area (Å²) in [6, 6.07) is 68.4. The summed E-state index contributed by atoms with van der Waals surface area (Å²) in [7, 11) is 0. The number of hydrogen-bond acceptors (Lipinski definition) is 3. The molecule has 0 unspecified atom stereocenters. The molecule has 0 saturated carbocycles. The lowest BCUT2D eigenvalue weighted by atomic mass is 9.97. The van der Waals surface area contributed by atoms with Crippen molar-refractivity contribution in [1.29, 1.82) is 0 Å². The van der Waals surface area contributed by atoms with E-state index in [4.69, 9.17) is 15.0 Å². The molecule has 0 atom stereocenters.